The Balaban J connectivity index is 1.92. The van der Waals surface area contributed by atoms with Crippen LogP contribution in [0.5, 0.6) is 5.75 Å². The zero-order valence-corrected chi connectivity index (χ0v) is 12.2. The van der Waals surface area contributed by atoms with E-state index >= 15 is 0 Å². The molecule has 104 valence electrons. The molecule has 0 saturated carbocycles. The SMILES string of the molecule is CC(O)(Cc1ccc(Cl)cc1)c1cccc2c1OCC2. The van der Waals surface area contributed by atoms with Crippen LogP contribution in [0.1, 0.15) is 23.6 Å². The van der Waals surface area contributed by atoms with Crippen molar-refractivity contribution in [1.29, 1.82) is 0 Å². The van der Waals surface area contributed by atoms with Crippen LogP contribution in [0.25, 0.3) is 0 Å². The summed E-state index contributed by atoms with van der Waals surface area (Å²) in [7, 11) is 0. The van der Waals surface area contributed by atoms with Gasteiger partial charge in [0.05, 0.1) is 12.2 Å². The summed E-state index contributed by atoms with van der Waals surface area (Å²) in [4.78, 5) is 0. The normalized spacial score (nSPS) is 16.4. The first-order chi connectivity index (χ1) is 9.56. The Bertz CT molecular complexity index is 617. The lowest BCUT2D eigenvalue weighted by atomic mass is 9.87. The van der Waals surface area contributed by atoms with Crippen LogP contribution in [0.4, 0.5) is 0 Å². The van der Waals surface area contributed by atoms with Crippen molar-refractivity contribution in [1.82, 2.24) is 0 Å². The third-order valence-electron chi connectivity index (χ3n) is 3.76. The van der Waals surface area contributed by atoms with Gasteiger partial charge in [0, 0.05) is 23.4 Å². The largest absolute Gasteiger partial charge is 0.493 e. The van der Waals surface area contributed by atoms with Gasteiger partial charge in [0.1, 0.15) is 5.75 Å². The molecule has 0 fully saturated rings. The fraction of sp³-hybridized carbons (Fsp3) is 0.294. The van der Waals surface area contributed by atoms with Gasteiger partial charge in [-0.3, -0.25) is 0 Å². The van der Waals surface area contributed by atoms with E-state index in [0.29, 0.717) is 18.1 Å². The lowest BCUT2D eigenvalue weighted by Crippen LogP contribution is -2.25. The van der Waals surface area contributed by atoms with Crippen LogP contribution in [0.15, 0.2) is 42.5 Å². The van der Waals surface area contributed by atoms with E-state index in [0.717, 1.165) is 23.3 Å². The molecule has 0 saturated heterocycles. The zero-order chi connectivity index (χ0) is 14.2. The highest BCUT2D eigenvalue weighted by atomic mass is 35.5. The van der Waals surface area contributed by atoms with Crippen molar-refractivity contribution in [2.45, 2.75) is 25.4 Å². The molecule has 3 heteroatoms. The van der Waals surface area contributed by atoms with Gasteiger partial charge in [0.15, 0.2) is 0 Å². The summed E-state index contributed by atoms with van der Waals surface area (Å²) >= 11 is 5.89. The molecule has 1 heterocycles. The number of hydrogen-bond donors (Lipinski definition) is 1. The zero-order valence-electron chi connectivity index (χ0n) is 11.4. The molecule has 0 aliphatic carbocycles. The number of para-hydroxylation sites is 1. The number of rotatable bonds is 3. The molecule has 0 aromatic heterocycles. The molecule has 1 N–H and O–H groups in total. The predicted octanol–water partition coefficient (Wildman–Crippen LogP) is 3.73. The maximum absolute atomic E-state index is 10.9. The minimum atomic E-state index is -0.955. The average Bonchev–Trinajstić information content (AvgIpc) is 2.89. The van der Waals surface area contributed by atoms with Crippen LogP contribution in [0.2, 0.25) is 5.02 Å². The van der Waals surface area contributed by atoms with Gasteiger partial charge in [0.2, 0.25) is 0 Å². The van der Waals surface area contributed by atoms with Crippen LogP contribution in [-0.4, -0.2) is 11.7 Å². The highest BCUT2D eigenvalue weighted by Crippen LogP contribution is 2.38. The molecule has 1 aliphatic heterocycles. The number of benzene rings is 2. The molecular weight excluding hydrogens is 272 g/mol. The van der Waals surface area contributed by atoms with Gasteiger partial charge in [-0.2, -0.15) is 0 Å². The Labute approximate surface area is 124 Å². The Hall–Kier alpha value is -1.51. The summed E-state index contributed by atoms with van der Waals surface area (Å²) in [6.07, 6.45) is 1.45. The van der Waals surface area contributed by atoms with E-state index in [1.807, 2.05) is 43.3 Å². The smallest absolute Gasteiger partial charge is 0.128 e. The fourth-order valence-electron chi connectivity index (χ4n) is 2.73. The Morgan fingerprint density at radius 2 is 1.95 bits per heavy atom. The van der Waals surface area contributed by atoms with Gasteiger partial charge in [-0.05, 0) is 30.2 Å². The molecule has 20 heavy (non-hydrogen) atoms. The number of aliphatic hydroxyl groups is 1. The van der Waals surface area contributed by atoms with Gasteiger partial charge >= 0.3 is 0 Å². The summed E-state index contributed by atoms with van der Waals surface area (Å²) in [5, 5.41) is 11.6. The predicted molar refractivity (Wildman–Crippen MR) is 80.4 cm³/mol. The van der Waals surface area contributed by atoms with E-state index in [1.54, 1.807) is 0 Å². The number of ether oxygens (including phenoxy) is 1. The molecule has 2 aromatic rings. The van der Waals surface area contributed by atoms with Crippen molar-refractivity contribution in [2.24, 2.45) is 0 Å². The molecule has 0 spiro atoms. The molecule has 3 rings (SSSR count). The van der Waals surface area contributed by atoms with Crippen LogP contribution in [0.3, 0.4) is 0 Å². The minimum absolute atomic E-state index is 0.532. The highest BCUT2D eigenvalue weighted by Gasteiger charge is 2.30. The van der Waals surface area contributed by atoms with E-state index in [2.05, 4.69) is 6.07 Å². The molecule has 0 bridgehead atoms. The van der Waals surface area contributed by atoms with Crippen LogP contribution in [0, 0.1) is 0 Å². The quantitative estimate of drug-likeness (QED) is 0.933. The van der Waals surface area contributed by atoms with Gasteiger partial charge in [-0.15, -0.1) is 0 Å². The Kier molecular flexibility index (Phi) is 3.45. The van der Waals surface area contributed by atoms with Crippen LogP contribution >= 0.6 is 11.6 Å². The lowest BCUT2D eigenvalue weighted by Gasteiger charge is -2.26. The van der Waals surface area contributed by atoms with E-state index < -0.39 is 5.60 Å². The van der Waals surface area contributed by atoms with Gasteiger partial charge in [-0.1, -0.05) is 41.9 Å². The van der Waals surface area contributed by atoms with E-state index in [9.17, 15) is 5.11 Å². The second-order valence-electron chi connectivity index (χ2n) is 5.47. The summed E-state index contributed by atoms with van der Waals surface area (Å²) in [5.74, 6) is 0.853. The maximum atomic E-state index is 10.9. The van der Waals surface area contributed by atoms with Crippen molar-refractivity contribution < 1.29 is 9.84 Å². The van der Waals surface area contributed by atoms with Crippen molar-refractivity contribution in [3.63, 3.8) is 0 Å². The monoisotopic (exact) mass is 288 g/mol. The molecule has 1 atom stereocenters. The molecule has 0 amide bonds. The molecule has 1 aliphatic rings. The summed E-state index contributed by atoms with van der Waals surface area (Å²) in [6, 6.07) is 13.6. The first kappa shape index (κ1) is 13.5. The van der Waals surface area contributed by atoms with Gasteiger partial charge < -0.3 is 9.84 Å². The molecular formula is C17H17ClO2. The van der Waals surface area contributed by atoms with Crippen molar-refractivity contribution in [3.8, 4) is 5.75 Å². The Morgan fingerprint density at radius 1 is 1.20 bits per heavy atom. The van der Waals surface area contributed by atoms with E-state index in [1.165, 1.54) is 5.56 Å². The maximum Gasteiger partial charge on any atom is 0.128 e. The standard InChI is InChI=1S/C17H17ClO2/c1-17(19,11-12-5-7-14(18)8-6-12)15-4-2-3-13-9-10-20-16(13)15/h2-8,19H,9-11H2,1H3. The summed E-state index contributed by atoms with van der Waals surface area (Å²) < 4.78 is 5.69. The first-order valence-corrected chi connectivity index (χ1v) is 7.16. The topological polar surface area (TPSA) is 29.5 Å². The van der Waals surface area contributed by atoms with Gasteiger partial charge in [0.25, 0.3) is 0 Å². The van der Waals surface area contributed by atoms with Crippen molar-refractivity contribution in [3.05, 3.63) is 64.2 Å². The Morgan fingerprint density at radius 3 is 2.70 bits per heavy atom. The first-order valence-electron chi connectivity index (χ1n) is 6.78. The molecule has 1 unspecified atom stereocenters. The minimum Gasteiger partial charge on any atom is -0.493 e. The average molecular weight is 289 g/mol. The van der Waals surface area contributed by atoms with Crippen LogP contribution in [-0.2, 0) is 18.4 Å². The lowest BCUT2D eigenvalue weighted by molar-refractivity contribution is 0.0549. The van der Waals surface area contributed by atoms with Crippen molar-refractivity contribution in [2.75, 3.05) is 6.61 Å². The summed E-state index contributed by atoms with van der Waals surface area (Å²) in [5.41, 5.74) is 2.14. The van der Waals surface area contributed by atoms with Gasteiger partial charge in [-0.25, -0.2) is 0 Å². The second kappa shape index (κ2) is 5.12. The second-order valence-corrected chi connectivity index (χ2v) is 5.91. The van der Waals surface area contributed by atoms with Crippen LogP contribution < -0.4 is 4.74 Å². The molecule has 0 radical (unpaired) electrons. The summed E-state index contributed by atoms with van der Waals surface area (Å²) in [6.45, 7) is 2.53. The fourth-order valence-corrected chi connectivity index (χ4v) is 2.86. The van der Waals surface area contributed by atoms with E-state index in [4.69, 9.17) is 16.3 Å². The molecule has 2 aromatic carbocycles. The van der Waals surface area contributed by atoms with E-state index in [-0.39, 0.29) is 0 Å². The third kappa shape index (κ3) is 2.54. The third-order valence-corrected chi connectivity index (χ3v) is 4.01. The number of fused-ring (bicyclic) bond motifs is 1. The number of halogens is 1. The number of hydrogen-bond acceptors (Lipinski definition) is 2. The van der Waals surface area contributed by atoms with Crippen molar-refractivity contribution >= 4 is 11.6 Å². The molecule has 2 nitrogen and oxygen atoms in total. The highest BCUT2D eigenvalue weighted by molar-refractivity contribution is 6.30.